The number of rotatable bonds is 1. The van der Waals surface area contributed by atoms with E-state index in [0.29, 0.717) is 28.0 Å². The van der Waals surface area contributed by atoms with E-state index in [1.165, 1.54) is 4.90 Å². The van der Waals surface area contributed by atoms with E-state index >= 15 is 0 Å². The second-order valence-corrected chi connectivity index (χ2v) is 5.05. The molecule has 1 heterocycles. The van der Waals surface area contributed by atoms with Crippen molar-refractivity contribution in [3.05, 3.63) is 33.3 Å². The molecule has 0 unspecified atom stereocenters. The molecule has 0 radical (unpaired) electrons. The van der Waals surface area contributed by atoms with Gasteiger partial charge in [0.2, 0.25) is 0 Å². The van der Waals surface area contributed by atoms with E-state index in [1.54, 1.807) is 18.2 Å². The molecule has 0 spiro atoms. The van der Waals surface area contributed by atoms with Crippen molar-refractivity contribution in [1.29, 1.82) is 0 Å². The number of halogens is 3. The number of alkyl halides is 1. The van der Waals surface area contributed by atoms with E-state index in [0.717, 1.165) is 0 Å². The molecule has 1 saturated heterocycles. The summed E-state index contributed by atoms with van der Waals surface area (Å²) in [5.41, 5.74) is 0.526. The fourth-order valence-corrected chi connectivity index (χ4v) is 2.59. The Morgan fingerprint density at radius 3 is 2.88 bits per heavy atom. The smallest absolute Gasteiger partial charge is 0.255 e. The number of benzene rings is 1. The Labute approximate surface area is 107 Å². The molecule has 1 aliphatic rings. The SMILES string of the molecule is O=C(c1ccc(Cl)cc1Br)N1CC[C@H](F)C1. The van der Waals surface area contributed by atoms with Crippen LogP contribution in [0.1, 0.15) is 16.8 Å². The van der Waals surface area contributed by atoms with E-state index in [1.807, 2.05) is 0 Å². The third-order valence-corrected chi connectivity index (χ3v) is 3.47. The second-order valence-electron chi connectivity index (χ2n) is 3.76. The van der Waals surface area contributed by atoms with Gasteiger partial charge >= 0.3 is 0 Å². The van der Waals surface area contributed by atoms with Crippen LogP contribution < -0.4 is 0 Å². The summed E-state index contributed by atoms with van der Waals surface area (Å²) in [4.78, 5) is 13.5. The lowest BCUT2D eigenvalue weighted by molar-refractivity contribution is 0.0782. The van der Waals surface area contributed by atoms with Crippen LogP contribution >= 0.6 is 27.5 Å². The van der Waals surface area contributed by atoms with Crippen LogP contribution in [0.25, 0.3) is 0 Å². The van der Waals surface area contributed by atoms with E-state index < -0.39 is 6.17 Å². The summed E-state index contributed by atoms with van der Waals surface area (Å²) in [7, 11) is 0. The molecule has 2 rings (SSSR count). The van der Waals surface area contributed by atoms with E-state index in [4.69, 9.17) is 11.6 Å². The van der Waals surface area contributed by atoms with Crippen LogP contribution in [0.5, 0.6) is 0 Å². The number of hydrogen-bond acceptors (Lipinski definition) is 1. The summed E-state index contributed by atoms with van der Waals surface area (Å²) in [5.74, 6) is -0.149. The highest BCUT2D eigenvalue weighted by molar-refractivity contribution is 9.10. The normalized spacial score (nSPS) is 20.2. The van der Waals surface area contributed by atoms with Crippen molar-refractivity contribution in [1.82, 2.24) is 4.90 Å². The molecule has 0 N–H and O–H groups in total. The standard InChI is InChI=1S/C11H10BrClFNO/c12-10-5-7(13)1-2-9(10)11(16)15-4-3-8(14)6-15/h1-2,5,8H,3-4,6H2/t8-/m0/s1. The summed E-state index contributed by atoms with van der Waals surface area (Å²) in [6, 6.07) is 4.97. The first-order valence-electron chi connectivity index (χ1n) is 4.96. The largest absolute Gasteiger partial charge is 0.336 e. The molecule has 0 saturated carbocycles. The predicted octanol–water partition coefficient (Wildman–Crippen LogP) is 3.29. The first kappa shape index (κ1) is 11.9. The molecule has 1 aliphatic heterocycles. The Hall–Kier alpha value is -0.610. The number of nitrogens with zero attached hydrogens (tertiary/aromatic N) is 1. The Bertz CT molecular complexity index is 426. The van der Waals surface area contributed by atoms with Gasteiger partial charge in [-0.3, -0.25) is 4.79 Å². The van der Waals surface area contributed by atoms with Gasteiger partial charge in [0.15, 0.2) is 0 Å². The van der Waals surface area contributed by atoms with Crippen molar-refractivity contribution in [3.8, 4) is 0 Å². The maximum absolute atomic E-state index is 13.0. The molecule has 0 aromatic heterocycles. The van der Waals surface area contributed by atoms with Gasteiger partial charge in [0.05, 0.1) is 12.1 Å². The molecule has 16 heavy (non-hydrogen) atoms. The van der Waals surface area contributed by atoms with E-state index in [9.17, 15) is 9.18 Å². The molecule has 1 atom stereocenters. The third-order valence-electron chi connectivity index (χ3n) is 2.58. The molecule has 1 fully saturated rings. The molecular formula is C11H10BrClFNO. The van der Waals surface area contributed by atoms with Crippen LogP contribution in [0.15, 0.2) is 22.7 Å². The van der Waals surface area contributed by atoms with Gasteiger partial charge in [0, 0.05) is 16.0 Å². The summed E-state index contributed by atoms with van der Waals surface area (Å²) in [5, 5.41) is 0.563. The average Bonchev–Trinajstić information content (AvgIpc) is 2.64. The Morgan fingerprint density at radius 1 is 1.56 bits per heavy atom. The van der Waals surface area contributed by atoms with Crippen molar-refractivity contribution in [2.24, 2.45) is 0 Å². The van der Waals surface area contributed by atoms with Crippen LogP contribution in [0.3, 0.4) is 0 Å². The van der Waals surface area contributed by atoms with Gasteiger partial charge in [-0.2, -0.15) is 0 Å². The maximum atomic E-state index is 13.0. The molecule has 0 bridgehead atoms. The van der Waals surface area contributed by atoms with Crippen LogP contribution in [-0.2, 0) is 0 Å². The van der Waals surface area contributed by atoms with Crippen LogP contribution in [0.2, 0.25) is 5.02 Å². The zero-order valence-electron chi connectivity index (χ0n) is 8.42. The Kier molecular flexibility index (Phi) is 3.50. The molecule has 0 aliphatic carbocycles. The number of carbonyl (C=O) groups excluding carboxylic acids is 1. The summed E-state index contributed by atoms with van der Waals surface area (Å²) in [6.07, 6.45) is -0.466. The van der Waals surface area contributed by atoms with Crippen molar-refractivity contribution >= 4 is 33.4 Å². The number of hydrogen-bond donors (Lipinski definition) is 0. The monoisotopic (exact) mass is 305 g/mol. The molecule has 1 aromatic rings. The van der Waals surface area contributed by atoms with Crippen molar-refractivity contribution in [2.75, 3.05) is 13.1 Å². The van der Waals surface area contributed by atoms with Crippen LogP contribution in [0, 0.1) is 0 Å². The zero-order chi connectivity index (χ0) is 11.7. The van der Waals surface area contributed by atoms with Gasteiger partial charge in [0.1, 0.15) is 6.17 Å². The summed E-state index contributed by atoms with van der Waals surface area (Å²) >= 11 is 9.07. The Balaban J connectivity index is 2.21. The van der Waals surface area contributed by atoms with Crippen LogP contribution in [-0.4, -0.2) is 30.1 Å². The third kappa shape index (κ3) is 2.38. The summed E-state index contributed by atoms with van der Waals surface area (Å²) in [6.45, 7) is 0.670. The molecule has 86 valence electrons. The fourth-order valence-electron chi connectivity index (χ4n) is 1.74. The molecule has 1 amide bonds. The van der Waals surface area contributed by atoms with Crippen molar-refractivity contribution in [3.63, 3.8) is 0 Å². The topological polar surface area (TPSA) is 20.3 Å². The highest BCUT2D eigenvalue weighted by Gasteiger charge is 2.27. The minimum atomic E-state index is -0.893. The lowest BCUT2D eigenvalue weighted by Crippen LogP contribution is -2.29. The highest BCUT2D eigenvalue weighted by atomic mass is 79.9. The molecule has 2 nitrogen and oxygen atoms in total. The molecule has 1 aromatic carbocycles. The van der Waals surface area contributed by atoms with E-state index in [2.05, 4.69) is 15.9 Å². The van der Waals surface area contributed by atoms with Gasteiger partial charge < -0.3 is 4.90 Å². The number of amides is 1. The second kappa shape index (κ2) is 4.72. The van der Waals surface area contributed by atoms with Gasteiger partial charge in [-0.25, -0.2) is 4.39 Å². The molecular weight excluding hydrogens is 296 g/mol. The number of likely N-dealkylation sites (tertiary alicyclic amines) is 1. The van der Waals surface area contributed by atoms with E-state index in [-0.39, 0.29) is 12.5 Å². The summed E-state index contributed by atoms with van der Waals surface area (Å²) < 4.78 is 13.6. The van der Waals surface area contributed by atoms with Gasteiger partial charge in [-0.1, -0.05) is 11.6 Å². The minimum absolute atomic E-state index is 0.149. The lowest BCUT2D eigenvalue weighted by Gasteiger charge is -2.16. The first-order valence-corrected chi connectivity index (χ1v) is 6.13. The zero-order valence-corrected chi connectivity index (χ0v) is 10.8. The van der Waals surface area contributed by atoms with Crippen molar-refractivity contribution in [2.45, 2.75) is 12.6 Å². The van der Waals surface area contributed by atoms with Crippen molar-refractivity contribution < 1.29 is 9.18 Å². The van der Waals surface area contributed by atoms with Crippen LogP contribution in [0.4, 0.5) is 4.39 Å². The Morgan fingerprint density at radius 2 is 2.31 bits per heavy atom. The quantitative estimate of drug-likeness (QED) is 0.779. The number of carbonyl (C=O) groups is 1. The van der Waals surface area contributed by atoms with Gasteiger partial charge in [-0.15, -0.1) is 0 Å². The average molecular weight is 307 g/mol. The van der Waals surface area contributed by atoms with Gasteiger partial charge in [-0.05, 0) is 40.5 Å². The minimum Gasteiger partial charge on any atom is -0.336 e. The fraction of sp³-hybridized carbons (Fsp3) is 0.364. The lowest BCUT2D eigenvalue weighted by atomic mass is 10.2. The maximum Gasteiger partial charge on any atom is 0.255 e. The highest BCUT2D eigenvalue weighted by Crippen LogP contribution is 2.24. The predicted molar refractivity (Wildman–Crippen MR) is 64.6 cm³/mol. The van der Waals surface area contributed by atoms with Gasteiger partial charge in [0.25, 0.3) is 5.91 Å². The first-order chi connectivity index (χ1) is 7.58. The molecule has 5 heteroatoms.